The Balaban J connectivity index is 2.21. The van der Waals surface area contributed by atoms with Gasteiger partial charge in [-0.3, -0.25) is 9.79 Å². The van der Waals surface area contributed by atoms with Crippen LogP contribution in [0.2, 0.25) is 0 Å². The van der Waals surface area contributed by atoms with E-state index in [9.17, 15) is 4.79 Å². The Morgan fingerprint density at radius 1 is 1.11 bits per heavy atom. The highest BCUT2D eigenvalue weighted by Gasteiger charge is 2.17. The zero-order chi connectivity index (χ0) is 13.2. The van der Waals surface area contributed by atoms with Crippen LogP contribution in [0.1, 0.15) is 22.3 Å². The molecule has 94 valence electrons. The zero-order valence-corrected chi connectivity index (χ0v) is 11.7. The lowest BCUT2D eigenvalue weighted by molar-refractivity contribution is 0.107. The predicted octanol–water partition coefficient (Wildman–Crippen LogP) is 3.62. The molecule has 19 heavy (non-hydrogen) atoms. The molecule has 4 heteroatoms. The maximum atomic E-state index is 12.2. The lowest BCUT2D eigenvalue weighted by Crippen LogP contribution is -2.08. The summed E-state index contributed by atoms with van der Waals surface area (Å²) in [4.78, 5) is 20.7. The highest BCUT2D eigenvalue weighted by Crippen LogP contribution is 2.28. The molecule has 0 saturated carbocycles. The van der Waals surface area contributed by atoms with E-state index < -0.39 is 0 Å². The smallest absolute Gasteiger partial charge is 0.204 e. The molecule has 0 radical (unpaired) electrons. The van der Waals surface area contributed by atoms with Crippen molar-refractivity contribution in [2.24, 2.45) is 15.9 Å². The molecule has 3 nitrogen and oxygen atoms in total. The van der Waals surface area contributed by atoms with Crippen molar-refractivity contribution in [3.63, 3.8) is 0 Å². The van der Waals surface area contributed by atoms with Gasteiger partial charge in [-0.2, -0.15) is 0 Å². The molecule has 1 aromatic rings. The van der Waals surface area contributed by atoms with E-state index in [0.29, 0.717) is 10.2 Å². The fraction of sp³-hybridized carbons (Fsp3) is 0.133. The summed E-state index contributed by atoms with van der Waals surface area (Å²) < 4.78 is 0.677. The molecule has 0 saturated heterocycles. The van der Waals surface area contributed by atoms with Crippen molar-refractivity contribution in [2.75, 3.05) is 0 Å². The van der Waals surface area contributed by atoms with Crippen LogP contribution in [-0.2, 0) is 0 Å². The van der Waals surface area contributed by atoms with Crippen molar-refractivity contribution in [3.05, 3.63) is 52.2 Å². The van der Waals surface area contributed by atoms with Crippen LogP contribution in [0.25, 0.3) is 5.70 Å². The number of hydrogen-bond donors (Lipinski definition) is 0. The van der Waals surface area contributed by atoms with Crippen LogP contribution in [0, 0.1) is 5.92 Å². The van der Waals surface area contributed by atoms with Crippen molar-refractivity contribution in [1.29, 1.82) is 0 Å². The summed E-state index contributed by atoms with van der Waals surface area (Å²) in [5.41, 5.74) is 2.36. The molecule has 2 aliphatic rings. The van der Waals surface area contributed by atoms with Gasteiger partial charge in [0.25, 0.3) is 0 Å². The number of carbonyl (C=O) groups is 1. The lowest BCUT2D eigenvalue weighted by atomic mass is 9.95. The Bertz CT molecular complexity index is 656. The summed E-state index contributed by atoms with van der Waals surface area (Å²) in [5, 5.41) is 0. The Morgan fingerprint density at radius 2 is 1.89 bits per heavy atom. The van der Waals surface area contributed by atoms with E-state index in [2.05, 4.69) is 32.0 Å². The lowest BCUT2D eigenvalue weighted by Gasteiger charge is -2.15. The summed E-state index contributed by atoms with van der Waals surface area (Å²) in [5.74, 6) is 0.140. The van der Waals surface area contributed by atoms with Gasteiger partial charge in [0.05, 0.1) is 11.9 Å². The number of aliphatic imine (C=N–C) groups is 2. The van der Waals surface area contributed by atoms with Crippen LogP contribution in [0.3, 0.4) is 0 Å². The van der Waals surface area contributed by atoms with E-state index in [1.165, 1.54) is 6.21 Å². The number of benzene rings is 1. The van der Waals surface area contributed by atoms with Crippen molar-refractivity contribution >= 4 is 39.8 Å². The van der Waals surface area contributed by atoms with Crippen LogP contribution in [-0.4, -0.2) is 18.2 Å². The monoisotopic (exact) mass is 314 g/mol. The Labute approximate surface area is 119 Å². The fourth-order valence-electron chi connectivity index (χ4n) is 2.19. The summed E-state index contributed by atoms with van der Waals surface area (Å²) in [7, 11) is 0. The molecule has 0 amide bonds. The highest BCUT2D eigenvalue weighted by atomic mass is 79.9. The minimum Gasteiger partial charge on any atom is -0.288 e. The summed E-state index contributed by atoms with van der Waals surface area (Å²) in [6, 6.07) is 7.50. The summed E-state index contributed by atoms with van der Waals surface area (Å²) in [6.45, 7) is 0. The molecule has 2 aliphatic heterocycles. The Morgan fingerprint density at radius 3 is 2.74 bits per heavy atom. The van der Waals surface area contributed by atoms with Crippen LogP contribution < -0.4 is 0 Å². The molecular formula is C15H11BrN2O. The standard InChI is InChI=1S/C15H11BrN2O/c16-15-8-10-5-6-17-13(7-10)11-3-1-2-4-12(11)14(19)9-18-15/h1-4,6-10H,5H2/b15-8-,18-9+. The van der Waals surface area contributed by atoms with Gasteiger partial charge in [-0.15, -0.1) is 0 Å². The molecular weight excluding hydrogens is 304 g/mol. The van der Waals surface area contributed by atoms with Gasteiger partial charge in [0.15, 0.2) is 0 Å². The third-order valence-corrected chi connectivity index (χ3v) is 3.57. The molecule has 0 aromatic heterocycles. The molecule has 3 rings (SSSR count). The van der Waals surface area contributed by atoms with Crippen molar-refractivity contribution in [1.82, 2.24) is 0 Å². The number of hydrogen-bond acceptors (Lipinski definition) is 3. The minimum absolute atomic E-state index is 0.110. The minimum atomic E-state index is -0.110. The van der Waals surface area contributed by atoms with Crippen LogP contribution >= 0.6 is 15.9 Å². The van der Waals surface area contributed by atoms with Gasteiger partial charge in [-0.05, 0) is 28.4 Å². The first-order valence-electron chi connectivity index (χ1n) is 6.03. The second-order valence-electron chi connectivity index (χ2n) is 4.42. The SMILES string of the molecule is O=C1/C=N/C(Br)=C\C2C=C(N=CC2)c2ccccc21. The van der Waals surface area contributed by atoms with Crippen molar-refractivity contribution < 1.29 is 4.79 Å². The van der Waals surface area contributed by atoms with E-state index in [4.69, 9.17) is 0 Å². The average molecular weight is 315 g/mol. The zero-order valence-electron chi connectivity index (χ0n) is 10.1. The van der Waals surface area contributed by atoms with Crippen LogP contribution in [0.4, 0.5) is 0 Å². The third kappa shape index (κ3) is 2.49. The van der Waals surface area contributed by atoms with E-state index in [1.807, 2.05) is 36.6 Å². The van der Waals surface area contributed by atoms with Gasteiger partial charge in [-0.25, -0.2) is 4.99 Å². The van der Waals surface area contributed by atoms with E-state index in [-0.39, 0.29) is 11.7 Å². The maximum Gasteiger partial charge on any atom is 0.204 e. The number of fused-ring (bicyclic) bond motifs is 3. The first-order valence-corrected chi connectivity index (χ1v) is 6.83. The predicted molar refractivity (Wildman–Crippen MR) is 80.9 cm³/mol. The van der Waals surface area contributed by atoms with Gasteiger partial charge >= 0.3 is 0 Å². The van der Waals surface area contributed by atoms with Gasteiger partial charge in [0.1, 0.15) is 4.61 Å². The maximum absolute atomic E-state index is 12.2. The number of nitrogens with zero attached hydrogens (tertiary/aromatic N) is 2. The quantitative estimate of drug-likeness (QED) is 0.674. The average Bonchev–Trinajstić information content (AvgIpc) is 2.44. The van der Waals surface area contributed by atoms with Crippen molar-refractivity contribution in [3.8, 4) is 0 Å². The molecule has 1 unspecified atom stereocenters. The van der Waals surface area contributed by atoms with Gasteiger partial charge in [0.2, 0.25) is 5.78 Å². The van der Waals surface area contributed by atoms with E-state index in [1.54, 1.807) is 0 Å². The van der Waals surface area contributed by atoms with E-state index in [0.717, 1.165) is 17.7 Å². The largest absolute Gasteiger partial charge is 0.288 e. The molecule has 0 fully saturated rings. The first kappa shape index (κ1) is 12.2. The number of Topliss-reactive ketones (excluding diaryl/α,β-unsaturated/α-hetero) is 1. The van der Waals surface area contributed by atoms with E-state index >= 15 is 0 Å². The van der Waals surface area contributed by atoms with Crippen LogP contribution in [0.15, 0.2) is 51.0 Å². The summed E-state index contributed by atoms with van der Waals surface area (Å²) >= 11 is 3.36. The number of ketones is 1. The number of halogens is 1. The summed E-state index contributed by atoms with van der Waals surface area (Å²) in [6.07, 6.45) is 8.16. The molecule has 0 aliphatic carbocycles. The second-order valence-corrected chi connectivity index (χ2v) is 5.23. The van der Waals surface area contributed by atoms with Gasteiger partial charge < -0.3 is 0 Å². The second kappa shape index (κ2) is 5.05. The fourth-order valence-corrected chi connectivity index (χ4v) is 2.63. The normalized spacial score (nSPS) is 25.9. The Hall–Kier alpha value is -1.81. The van der Waals surface area contributed by atoms with Gasteiger partial charge in [-0.1, -0.05) is 30.3 Å². The Kier molecular flexibility index (Phi) is 3.25. The first-order chi connectivity index (χ1) is 9.24. The van der Waals surface area contributed by atoms with Gasteiger partial charge in [0, 0.05) is 23.3 Å². The molecule has 1 aromatic carbocycles. The molecule has 1 atom stereocenters. The number of carbonyl (C=O) groups excluding carboxylic acids is 1. The topological polar surface area (TPSA) is 41.8 Å². The van der Waals surface area contributed by atoms with Crippen molar-refractivity contribution in [2.45, 2.75) is 6.42 Å². The highest BCUT2D eigenvalue weighted by molar-refractivity contribution is 9.11. The number of rotatable bonds is 0. The molecule has 0 N–H and O–H groups in total. The third-order valence-electron chi connectivity index (χ3n) is 3.11. The number of allylic oxidation sites excluding steroid dienone is 2. The molecule has 2 heterocycles. The molecule has 0 spiro atoms. The van der Waals surface area contributed by atoms with Crippen LogP contribution in [0.5, 0.6) is 0 Å². The molecule has 2 bridgehead atoms.